The van der Waals surface area contributed by atoms with Gasteiger partial charge in [-0.2, -0.15) is 8.42 Å². The maximum Gasteiger partial charge on any atom is 0.281 e. The van der Waals surface area contributed by atoms with Gasteiger partial charge in [-0.3, -0.25) is 10.6 Å². The van der Waals surface area contributed by atoms with Gasteiger partial charge < -0.3 is 5.43 Å². The molecule has 0 aliphatic rings. The molecule has 9 heteroatoms. The number of benzene rings is 1. The van der Waals surface area contributed by atoms with E-state index in [9.17, 15) is 8.42 Å². The second-order valence-corrected chi connectivity index (χ2v) is 6.17. The van der Waals surface area contributed by atoms with Crippen LogP contribution in [0, 0.1) is 0 Å². The molecule has 2 aromatic rings. The van der Waals surface area contributed by atoms with Gasteiger partial charge in [0.2, 0.25) is 5.03 Å². The monoisotopic (exact) mass is 332 g/mol. The predicted octanol–water partition coefficient (Wildman–Crippen LogP) is 2.47. The molecule has 0 atom stereocenters. The van der Waals surface area contributed by atoms with Gasteiger partial charge in [0.15, 0.2) is 0 Å². The van der Waals surface area contributed by atoms with Crippen molar-refractivity contribution >= 4 is 44.6 Å². The van der Waals surface area contributed by atoms with Crippen molar-refractivity contribution < 1.29 is 8.42 Å². The summed E-state index contributed by atoms with van der Waals surface area (Å²) in [6, 6.07) is 7.46. The van der Waals surface area contributed by atoms with Crippen molar-refractivity contribution in [2.24, 2.45) is 5.84 Å². The van der Waals surface area contributed by atoms with Crippen LogP contribution in [0.15, 0.2) is 41.6 Å². The Kier molecular flexibility index (Phi) is 4.34. The molecule has 0 aliphatic carbocycles. The first kappa shape index (κ1) is 14.9. The molecule has 20 heavy (non-hydrogen) atoms. The number of anilines is 2. The van der Waals surface area contributed by atoms with Gasteiger partial charge in [-0.15, -0.1) is 0 Å². The van der Waals surface area contributed by atoms with E-state index >= 15 is 0 Å². The minimum absolute atomic E-state index is 0.171. The number of nitrogen functional groups attached to an aromatic ring is 1. The molecule has 0 unspecified atom stereocenters. The summed E-state index contributed by atoms with van der Waals surface area (Å²) in [5, 5.41) is 0.355. The summed E-state index contributed by atoms with van der Waals surface area (Å²) in [5.74, 6) is 5.26. The molecule has 0 aliphatic heterocycles. The summed E-state index contributed by atoms with van der Waals surface area (Å²) in [6.45, 7) is 0. The van der Waals surface area contributed by atoms with E-state index in [1.54, 1.807) is 6.07 Å². The average Bonchev–Trinajstić information content (AvgIpc) is 2.42. The third-order valence-electron chi connectivity index (χ3n) is 2.36. The summed E-state index contributed by atoms with van der Waals surface area (Å²) in [6.07, 6.45) is 1.35. The molecule has 106 valence electrons. The number of hydrazine groups is 1. The molecule has 6 nitrogen and oxygen atoms in total. The molecule has 1 aromatic heterocycles. The second kappa shape index (κ2) is 5.84. The number of rotatable bonds is 4. The van der Waals surface area contributed by atoms with Crippen molar-refractivity contribution in [1.29, 1.82) is 0 Å². The number of aromatic nitrogens is 1. The number of halogens is 2. The minimum atomic E-state index is -3.92. The van der Waals surface area contributed by atoms with Crippen LogP contribution in [0.3, 0.4) is 0 Å². The van der Waals surface area contributed by atoms with Crippen molar-refractivity contribution in [1.82, 2.24) is 4.98 Å². The third-order valence-corrected chi connectivity index (χ3v) is 4.23. The Balaban J connectivity index is 2.41. The third kappa shape index (κ3) is 3.13. The quantitative estimate of drug-likeness (QED) is 0.590. The van der Waals surface area contributed by atoms with Crippen LogP contribution in [0.4, 0.5) is 11.4 Å². The van der Waals surface area contributed by atoms with Gasteiger partial charge in [-0.25, -0.2) is 4.98 Å². The van der Waals surface area contributed by atoms with Crippen LogP contribution in [0.25, 0.3) is 0 Å². The Labute approximate surface area is 125 Å². The number of hydrogen-bond acceptors (Lipinski definition) is 5. The van der Waals surface area contributed by atoms with Gasteiger partial charge in [0.05, 0.1) is 16.4 Å². The highest BCUT2D eigenvalue weighted by molar-refractivity contribution is 7.92. The molecule has 0 bridgehead atoms. The molecule has 0 radical (unpaired) electrons. The Morgan fingerprint density at radius 2 is 1.90 bits per heavy atom. The smallest absolute Gasteiger partial charge is 0.281 e. The first-order valence-corrected chi connectivity index (χ1v) is 7.57. The maximum atomic E-state index is 12.3. The molecule has 1 heterocycles. The van der Waals surface area contributed by atoms with E-state index in [4.69, 9.17) is 29.0 Å². The number of nitrogens with two attached hydrogens (primary N) is 1. The van der Waals surface area contributed by atoms with Gasteiger partial charge >= 0.3 is 0 Å². The highest BCUT2D eigenvalue weighted by Crippen LogP contribution is 2.28. The SMILES string of the molecule is NNc1cccnc1S(=O)(=O)Nc1ccc(Cl)cc1Cl. The minimum Gasteiger partial charge on any atom is -0.321 e. The number of hydrogen-bond donors (Lipinski definition) is 3. The van der Waals surface area contributed by atoms with E-state index in [1.807, 2.05) is 0 Å². The zero-order valence-corrected chi connectivity index (χ0v) is 12.3. The Morgan fingerprint density at radius 3 is 2.55 bits per heavy atom. The predicted molar refractivity (Wildman–Crippen MR) is 79.3 cm³/mol. The topological polar surface area (TPSA) is 97.1 Å². The largest absolute Gasteiger partial charge is 0.321 e. The molecule has 0 fully saturated rings. The van der Waals surface area contributed by atoms with Crippen LogP contribution in [0.1, 0.15) is 0 Å². The molecule has 0 spiro atoms. The summed E-state index contributed by atoms with van der Waals surface area (Å²) in [5.41, 5.74) is 2.65. The van der Waals surface area contributed by atoms with Crippen LogP contribution in [-0.4, -0.2) is 13.4 Å². The summed E-state index contributed by atoms with van der Waals surface area (Å²) in [4.78, 5) is 3.80. The average molecular weight is 333 g/mol. The van der Waals surface area contributed by atoms with E-state index in [2.05, 4.69) is 15.1 Å². The first-order chi connectivity index (χ1) is 9.44. The molecule has 2 rings (SSSR count). The van der Waals surface area contributed by atoms with Crippen LogP contribution in [0.2, 0.25) is 10.0 Å². The summed E-state index contributed by atoms with van der Waals surface area (Å²) >= 11 is 11.7. The van der Waals surface area contributed by atoms with Crippen LogP contribution < -0.4 is 16.0 Å². The molecule has 0 saturated carbocycles. The Morgan fingerprint density at radius 1 is 1.15 bits per heavy atom. The van der Waals surface area contributed by atoms with Gasteiger partial charge in [0.25, 0.3) is 10.0 Å². The molecule has 0 saturated heterocycles. The second-order valence-electron chi connectivity index (χ2n) is 3.73. The van der Waals surface area contributed by atoms with Crippen LogP contribution in [-0.2, 0) is 10.0 Å². The van der Waals surface area contributed by atoms with E-state index in [0.29, 0.717) is 5.02 Å². The first-order valence-electron chi connectivity index (χ1n) is 5.33. The molecular weight excluding hydrogens is 323 g/mol. The van der Waals surface area contributed by atoms with Crippen molar-refractivity contribution in [3.05, 3.63) is 46.6 Å². The van der Waals surface area contributed by atoms with Crippen molar-refractivity contribution in [2.45, 2.75) is 5.03 Å². The number of pyridine rings is 1. The van der Waals surface area contributed by atoms with Crippen molar-refractivity contribution in [2.75, 3.05) is 10.1 Å². The van der Waals surface area contributed by atoms with Gasteiger partial charge in [0, 0.05) is 11.2 Å². The lowest BCUT2D eigenvalue weighted by Crippen LogP contribution is -2.19. The maximum absolute atomic E-state index is 12.3. The fraction of sp³-hybridized carbons (Fsp3) is 0. The zero-order chi connectivity index (χ0) is 14.8. The molecule has 0 amide bonds. The highest BCUT2D eigenvalue weighted by atomic mass is 35.5. The number of sulfonamides is 1. The Hall–Kier alpha value is -1.54. The summed E-state index contributed by atoms with van der Waals surface area (Å²) < 4.78 is 26.8. The molecule has 1 aromatic carbocycles. The van der Waals surface area contributed by atoms with Gasteiger partial charge in [-0.05, 0) is 30.3 Å². The van der Waals surface area contributed by atoms with Crippen molar-refractivity contribution in [3.8, 4) is 0 Å². The fourth-order valence-electron chi connectivity index (χ4n) is 1.48. The lowest BCUT2D eigenvalue weighted by molar-refractivity contribution is 0.598. The standard InChI is InChI=1S/C11H10Cl2N4O2S/c12-7-3-4-9(8(13)6-7)17-20(18,19)11-10(16-14)2-1-5-15-11/h1-6,16-17H,14H2. The van der Waals surface area contributed by atoms with E-state index in [-0.39, 0.29) is 21.4 Å². The van der Waals surface area contributed by atoms with Crippen molar-refractivity contribution in [3.63, 3.8) is 0 Å². The summed E-state index contributed by atoms with van der Waals surface area (Å²) in [7, 11) is -3.92. The fourth-order valence-corrected chi connectivity index (χ4v) is 3.17. The van der Waals surface area contributed by atoms with E-state index in [1.165, 1.54) is 30.5 Å². The zero-order valence-electron chi connectivity index (χ0n) is 9.97. The number of nitrogens with one attached hydrogen (secondary N) is 2. The normalized spacial score (nSPS) is 11.2. The van der Waals surface area contributed by atoms with Gasteiger partial charge in [-0.1, -0.05) is 23.2 Å². The van der Waals surface area contributed by atoms with E-state index < -0.39 is 10.0 Å². The van der Waals surface area contributed by atoms with Crippen LogP contribution >= 0.6 is 23.2 Å². The lowest BCUT2D eigenvalue weighted by Gasteiger charge is -2.11. The van der Waals surface area contributed by atoms with Gasteiger partial charge in [0.1, 0.15) is 0 Å². The molecule has 4 N–H and O–H groups in total. The lowest BCUT2D eigenvalue weighted by atomic mass is 10.3. The van der Waals surface area contributed by atoms with E-state index in [0.717, 1.165) is 0 Å². The highest BCUT2D eigenvalue weighted by Gasteiger charge is 2.21. The Bertz CT molecular complexity index is 737. The molecular formula is C11H10Cl2N4O2S. The number of nitrogens with zero attached hydrogens (tertiary/aromatic N) is 1. The van der Waals surface area contributed by atoms with Crippen LogP contribution in [0.5, 0.6) is 0 Å².